The van der Waals surface area contributed by atoms with Crippen molar-refractivity contribution in [2.24, 2.45) is 0 Å². The van der Waals surface area contributed by atoms with Gasteiger partial charge in [-0.05, 0) is 24.1 Å². The Bertz CT molecular complexity index is 928. The predicted molar refractivity (Wildman–Crippen MR) is 98.3 cm³/mol. The molecule has 25 heavy (non-hydrogen) atoms. The quantitative estimate of drug-likeness (QED) is 0.699. The van der Waals surface area contributed by atoms with E-state index >= 15 is 0 Å². The summed E-state index contributed by atoms with van der Waals surface area (Å²) in [5.41, 5.74) is 3.26. The van der Waals surface area contributed by atoms with Crippen molar-refractivity contribution >= 4 is 28.8 Å². The molecule has 0 saturated carbocycles. The lowest BCUT2D eigenvalue weighted by atomic mass is 10.1. The molecule has 0 radical (unpaired) electrons. The molecule has 0 bridgehead atoms. The summed E-state index contributed by atoms with van der Waals surface area (Å²) >= 11 is 0. The monoisotopic (exact) mass is 336 g/mol. The minimum atomic E-state index is -0.176. The number of aldehydes is 1. The van der Waals surface area contributed by atoms with E-state index in [0.717, 1.165) is 29.2 Å². The highest BCUT2D eigenvalue weighted by molar-refractivity contribution is 6.00. The van der Waals surface area contributed by atoms with E-state index in [0.29, 0.717) is 17.0 Å². The van der Waals surface area contributed by atoms with E-state index in [1.54, 1.807) is 25.4 Å². The van der Waals surface area contributed by atoms with Crippen molar-refractivity contribution in [3.05, 3.63) is 59.8 Å². The maximum atomic E-state index is 12.5. The Labute approximate surface area is 146 Å². The van der Waals surface area contributed by atoms with Crippen LogP contribution in [0.2, 0.25) is 0 Å². The van der Waals surface area contributed by atoms with Gasteiger partial charge in [0.25, 0.3) is 0 Å². The number of fused-ring (bicyclic) bond motifs is 1. The SMILES string of the molecule is CCc1cccc2c(C=O)cn(CC(=O)Nc3ccccc3OC)c12. The topological polar surface area (TPSA) is 60.3 Å². The van der Waals surface area contributed by atoms with Crippen LogP contribution in [0.4, 0.5) is 5.69 Å². The number of para-hydroxylation sites is 3. The molecule has 2 aromatic carbocycles. The van der Waals surface area contributed by atoms with Gasteiger partial charge in [0.1, 0.15) is 12.3 Å². The summed E-state index contributed by atoms with van der Waals surface area (Å²) in [6.07, 6.45) is 3.39. The number of amides is 1. The van der Waals surface area contributed by atoms with Crippen LogP contribution in [0, 0.1) is 0 Å². The summed E-state index contributed by atoms with van der Waals surface area (Å²) in [7, 11) is 1.56. The molecule has 0 fully saturated rings. The molecule has 5 nitrogen and oxygen atoms in total. The number of ether oxygens (including phenoxy) is 1. The highest BCUT2D eigenvalue weighted by atomic mass is 16.5. The van der Waals surface area contributed by atoms with E-state index in [1.165, 1.54) is 0 Å². The first-order valence-electron chi connectivity index (χ1n) is 8.16. The van der Waals surface area contributed by atoms with Crippen LogP contribution in [0.25, 0.3) is 10.9 Å². The molecule has 0 atom stereocenters. The molecule has 1 N–H and O–H groups in total. The normalized spacial score (nSPS) is 10.6. The zero-order valence-electron chi connectivity index (χ0n) is 14.3. The molecule has 0 saturated heterocycles. The lowest BCUT2D eigenvalue weighted by Gasteiger charge is -2.12. The van der Waals surface area contributed by atoms with Crippen molar-refractivity contribution < 1.29 is 14.3 Å². The summed E-state index contributed by atoms with van der Waals surface area (Å²) < 4.78 is 7.09. The molecular formula is C20H20N2O3. The second-order valence-electron chi connectivity index (χ2n) is 5.75. The number of methoxy groups -OCH3 is 1. The highest BCUT2D eigenvalue weighted by Crippen LogP contribution is 2.26. The van der Waals surface area contributed by atoms with Crippen molar-refractivity contribution in [3.8, 4) is 5.75 Å². The third-order valence-electron chi connectivity index (χ3n) is 4.22. The number of hydrogen-bond donors (Lipinski definition) is 1. The standard InChI is InChI=1S/C20H20N2O3/c1-3-14-7-6-8-16-15(13-23)11-22(20(14)16)12-19(24)21-17-9-4-5-10-18(17)25-2/h4-11,13H,3,12H2,1-2H3,(H,21,24). The third-order valence-corrected chi connectivity index (χ3v) is 4.22. The predicted octanol–water partition coefficient (Wildman–Crippen LogP) is 3.66. The van der Waals surface area contributed by atoms with Crippen LogP contribution in [0.15, 0.2) is 48.7 Å². The summed E-state index contributed by atoms with van der Waals surface area (Å²) in [4.78, 5) is 23.9. The van der Waals surface area contributed by atoms with E-state index in [4.69, 9.17) is 4.74 Å². The van der Waals surface area contributed by atoms with Gasteiger partial charge in [-0.1, -0.05) is 37.3 Å². The molecule has 0 aliphatic heterocycles. The number of anilines is 1. The Kier molecular flexibility index (Phi) is 4.84. The average molecular weight is 336 g/mol. The maximum Gasteiger partial charge on any atom is 0.244 e. The first-order valence-corrected chi connectivity index (χ1v) is 8.16. The van der Waals surface area contributed by atoms with Gasteiger partial charge in [-0.2, -0.15) is 0 Å². The van der Waals surface area contributed by atoms with E-state index in [9.17, 15) is 9.59 Å². The molecule has 1 aromatic heterocycles. The molecule has 3 aromatic rings. The molecule has 0 unspecified atom stereocenters. The van der Waals surface area contributed by atoms with Crippen LogP contribution >= 0.6 is 0 Å². The molecule has 0 spiro atoms. The molecule has 128 valence electrons. The lowest BCUT2D eigenvalue weighted by Crippen LogP contribution is -2.19. The first-order chi connectivity index (χ1) is 12.2. The van der Waals surface area contributed by atoms with Gasteiger partial charge >= 0.3 is 0 Å². The van der Waals surface area contributed by atoms with E-state index in [2.05, 4.69) is 12.2 Å². The summed E-state index contributed by atoms with van der Waals surface area (Å²) in [6.45, 7) is 2.18. The molecule has 0 aliphatic rings. The van der Waals surface area contributed by atoms with Crippen molar-refractivity contribution in [1.29, 1.82) is 0 Å². The Morgan fingerprint density at radius 2 is 2.00 bits per heavy atom. The first kappa shape index (κ1) is 16.8. The van der Waals surface area contributed by atoms with Crippen molar-refractivity contribution in [1.82, 2.24) is 4.57 Å². The number of aryl methyl sites for hydroxylation is 1. The summed E-state index contributed by atoms with van der Waals surface area (Å²) in [6, 6.07) is 13.1. The van der Waals surface area contributed by atoms with Gasteiger partial charge in [-0.15, -0.1) is 0 Å². The fraction of sp³-hybridized carbons (Fsp3) is 0.200. The van der Waals surface area contributed by atoms with Crippen molar-refractivity contribution in [2.75, 3.05) is 12.4 Å². The Hall–Kier alpha value is -3.08. The van der Waals surface area contributed by atoms with Gasteiger partial charge < -0.3 is 14.6 Å². The second-order valence-corrected chi connectivity index (χ2v) is 5.75. The molecule has 0 aliphatic carbocycles. The fourth-order valence-corrected chi connectivity index (χ4v) is 3.06. The van der Waals surface area contributed by atoms with Crippen LogP contribution in [-0.4, -0.2) is 23.9 Å². The zero-order valence-corrected chi connectivity index (χ0v) is 14.3. The Morgan fingerprint density at radius 3 is 2.72 bits per heavy atom. The van der Waals surface area contributed by atoms with Gasteiger partial charge in [-0.25, -0.2) is 0 Å². The molecule has 3 rings (SSSR count). The smallest absolute Gasteiger partial charge is 0.244 e. The molecule has 1 heterocycles. The fourth-order valence-electron chi connectivity index (χ4n) is 3.06. The van der Waals surface area contributed by atoms with E-state index < -0.39 is 0 Å². The average Bonchev–Trinajstić information content (AvgIpc) is 3.00. The minimum absolute atomic E-state index is 0.124. The number of carbonyl (C=O) groups is 2. The maximum absolute atomic E-state index is 12.5. The highest BCUT2D eigenvalue weighted by Gasteiger charge is 2.14. The van der Waals surface area contributed by atoms with E-state index in [-0.39, 0.29) is 12.5 Å². The molecule has 5 heteroatoms. The van der Waals surface area contributed by atoms with Crippen molar-refractivity contribution in [2.45, 2.75) is 19.9 Å². The number of rotatable bonds is 6. The van der Waals surface area contributed by atoms with Crippen LogP contribution in [0.5, 0.6) is 5.75 Å². The van der Waals surface area contributed by atoms with E-state index in [1.807, 2.05) is 34.9 Å². The number of carbonyl (C=O) groups excluding carboxylic acids is 2. The second kappa shape index (κ2) is 7.21. The summed E-state index contributed by atoms with van der Waals surface area (Å²) in [5, 5.41) is 3.74. The molecule has 1 amide bonds. The van der Waals surface area contributed by atoms with Crippen molar-refractivity contribution in [3.63, 3.8) is 0 Å². The van der Waals surface area contributed by atoms with Crippen LogP contribution < -0.4 is 10.1 Å². The summed E-state index contributed by atoms with van der Waals surface area (Å²) in [5.74, 6) is 0.431. The van der Waals surface area contributed by atoms with Gasteiger partial charge in [0.2, 0.25) is 5.91 Å². The Balaban J connectivity index is 1.92. The number of nitrogens with zero attached hydrogens (tertiary/aromatic N) is 1. The number of nitrogens with one attached hydrogen (secondary N) is 1. The zero-order chi connectivity index (χ0) is 17.8. The van der Waals surface area contributed by atoms with Crippen LogP contribution in [0.1, 0.15) is 22.8 Å². The largest absolute Gasteiger partial charge is 0.495 e. The van der Waals surface area contributed by atoms with Gasteiger partial charge in [0.15, 0.2) is 6.29 Å². The number of benzene rings is 2. The molecular weight excluding hydrogens is 316 g/mol. The van der Waals surface area contributed by atoms with Crippen LogP contribution in [0.3, 0.4) is 0 Å². The van der Waals surface area contributed by atoms with Crippen LogP contribution in [-0.2, 0) is 17.8 Å². The number of aromatic nitrogens is 1. The van der Waals surface area contributed by atoms with Gasteiger partial charge in [0.05, 0.1) is 18.3 Å². The van der Waals surface area contributed by atoms with Gasteiger partial charge in [0, 0.05) is 17.1 Å². The number of hydrogen-bond acceptors (Lipinski definition) is 3. The Morgan fingerprint density at radius 1 is 1.20 bits per heavy atom. The van der Waals surface area contributed by atoms with Gasteiger partial charge in [-0.3, -0.25) is 9.59 Å². The lowest BCUT2D eigenvalue weighted by molar-refractivity contribution is -0.116. The third kappa shape index (κ3) is 3.26. The minimum Gasteiger partial charge on any atom is -0.495 e.